The Kier molecular flexibility index (Phi) is 3.07. The maximum Gasteiger partial charge on any atom is 0.0889 e. The van der Waals surface area contributed by atoms with E-state index < -0.39 is 0 Å². The molecule has 2 heterocycles. The topological polar surface area (TPSA) is 37.8 Å². The molecule has 0 bridgehead atoms. The van der Waals surface area contributed by atoms with Crippen LogP contribution in [-0.4, -0.2) is 16.5 Å². The lowest BCUT2D eigenvalue weighted by atomic mass is 10.1. The quantitative estimate of drug-likeness (QED) is 0.875. The van der Waals surface area contributed by atoms with E-state index in [1.807, 2.05) is 12.4 Å². The summed E-state index contributed by atoms with van der Waals surface area (Å²) in [6, 6.07) is 8.80. The second-order valence-electron chi connectivity index (χ2n) is 4.84. The minimum absolute atomic E-state index is 0.378. The van der Waals surface area contributed by atoms with Crippen LogP contribution < -0.4 is 5.32 Å². The molecule has 0 saturated carbocycles. The molecule has 1 aliphatic rings. The monoisotopic (exact) mass is 239 g/mol. The van der Waals surface area contributed by atoms with E-state index in [0.29, 0.717) is 6.04 Å². The van der Waals surface area contributed by atoms with Crippen molar-refractivity contribution < 1.29 is 0 Å². The van der Waals surface area contributed by atoms with Crippen molar-refractivity contribution in [3.8, 4) is 11.3 Å². The molecule has 1 aliphatic heterocycles. The number of benzene rings is 1. The largest absolute Gasteiger partial charge is 0.309 e. The lowest BCUT2D eigenvalue weighted by Gasteiger charge is -2.10. The zero-order valence-electron chi connectivity index (χ0n) is 10.6. The number of hydrogen-bond donors (Lipinski definition) is 1. The van der Waals surface area contributed by atoms with Gasteiger partial charge >= 0.3 is 0 Å². The van der Waals surface area contributed by atoms with Gasteiger partial charge in [-0.2, -0.15) is 0 Å². The summed E-state index contributed by atoms with van der Waals surface area (Å²) >= 11 is 0. The van der Waals surface area contributed by atoms with E-state index in [0.717, 1.165) is 29.9 Å². The van der Waals surface area contributed by atoms with Crippen LogP contribution in [0.1, 0.15) is 30.1 Å². The molecule has 3 rings (SSSR count). The fourth-order valence-electron chi connectivity index (χ4n) is 2.35. The number of hydrogen-bond acceptors (Lipinski definition) is 3. The SMILES string of the molecule is Cc1ccc(-c2cncc(C3CCCN3)n2)cc1. The Morgan fingerprint density at radius 1 is 1.17 bits per heavy atom. The summed E-state index contributed by atoms with van der Waals surface area (Å²) in [5.74, 6) is 0. The van der Waals surface area contributed by atoms with Gasteiger partial charge < -0.3 is 5.32 Å². The summed E-state index contributed by atoms with van der Waals surface area (Å²) in [6.45, 7) is 3.18. The first-order valence-corrected chi connectivity index (χ1v) is 6.45. The molecule has 0 aliphatic carbocycles. The van der Waals surface area contributed by atoms with Gasteiger partial charge in [0.1, 0.15) is 0 Å². The van der Waals surface area contributed by atoms with Gasteiger partial charge in [0.05, 0.1) is 29.8 Å². The smallest absolute Gasteiger partial charge is 0.0889 e. The molecule has 18 heavy (non-hydrogen) atoms. The van der Waals surface area contributed by atoms with Gasteiger partial charge in [-0.1, -0.05) is 29.8 Å². The van der Waals surface area contributed by atoms with Crippen LogP contribution in [0.4, 0.5) is 0 Å². The molecule has 2 aromatic rings. The van der Waals surface area contributed by atoms with Crippen molar-refractivity contribution in [2.75, 3.05) is 6.54 Å². The summed E-state index contributed by atoms with van der Waals surface area (Å²) in [6.07, 6.45) is 6.09. The lowest BCUT2D eigenvalue weighted by molar-refractivity contribution is 0.625. The van der Waals surface area contributed by atoms with Gasteiger partial charge in [-0.15, -0.1) is 0 Å². The van der Waals surface area contributed by atoms with Crippen LogP contribution >= 0.6 is 0 Å². The van der Waals surface area contributed by atoms with E-state index in [2.05, 4.69) is 41.5 Å². The number of aromatic nitrogens is 2. The second kappa shape index (κ2) is 4.86. The molecular formula is C15H17N3. The Morgan fingerprint density at radius 2 is 2.00 bits per heavy atom. The van der Waals surface area contributed by atoms with Gasteiger partial charge in [-0.25, -0.2) is 4.98 Å². The molecule has 1 atom stereocenters. The van der Waals surface area contributed by atoms with E-state index >= 15 is 0 Å². The summed E-state index contributed by atoms with van der Waals surface area (Å²) in [4.78, 5) is 9.06. The zero-order valence-corrected chi connectivity index (χ0v) is 10.6. The van der Waals surface area contributed by atoms with Crippen molar-refractivity contribution in [1.82, 2.24) is 15.3 Å². The first-order valence-electron chi connectivity index (χ1n) is 6.45. The standard InChI is InChI=1S/C15H17N3/c1-11-4-6-12(7-5-11)14-9-16-10-15(18-14)13-3-2-8-17-13/h4-7,9-10,13,17H,2-3,8H2,1H3. The third kappa shape index (κ3) is 2.27. The normalized spacial score (nSPS) is 19.1. The first kappa shape index (κ1) is 11.4. The number of nitrogens with one attached hydrogen (secondary N) is 1. The van der Waals surface area contributed by atoms with Gasteiger partial charge in [0.2, 0.25) is 0 Å². The van der Waals surface area contributed by atoms with E-state index in [-0.39, 0.29) is 0 Å². The van der Waals surface area contributed by atoms with Gasteiger partial charge in [-0.3, -0.25) is 4.98 Å². The molecule has 3 nitrogen and oxygen atoms in total. The molecular weight excluding hydrogens is 222 g/mol. The molecule has 1 aromatic carbocycles. The minimum atomic E-state index is 0.378. The predicted molar refractivity (Wildman–Crippen MR) is 72.2 cm³/mol. The molecule has 0 amide bonds. The summed E-state index contributed by atoms with van der Waals surface area (Å²) in [5.41, 5.74) is 4.42. The Morgan fingerprint density at radius 3 is 2.72 bits per heavy atom. The molecule has 1 fully saturated rings. The van der Waals surface area contributed by atoms with E-state index in [1.165, 1.54) is 12.0 Å². The van der Waals surface area contributed by atoms with Crippen molar-refractivity contribution in [2.24, 2.45) is 0 Å². The number of aryl methyl sites for hydroxylation is 1. The maximum absolute atomic E-state index is 4.73. The van der Waals surface area contributed by atoms with Gasteiger partial charge in [0, 0.05) is 5.56 Å². The van der Waals surface area contributed by atoms with Crippen LogP contribution in [0.15, 0.2) is 36.7 Å². The molecule has 1 N–H and O–H groups in total. The van der Waals surface area contributed by atoms with Crippen LogP contribution in [0.25, 0.3) is 11.3 Å². The summed E-state index contributed by atoms with van der Waals surface area (Å²) in [7, 11) is 0. The predicted octanol–water partition coefficient (Wildman–Crippen LogP) is 2.88. The zero-order chi connectivity index (χ0) is 12.4. The van der Waals surface area contributed by atoms with Crippen LogP contribution in [0.2, 0.25) is 0 Å². The summed E-state index contributed by atoms with van der Waals surface area (Å²) in [5, 5.41) is 3.46. The molecule has 1 unspecified atom stereocenters. The molecule has 1 aromatic heterocycles. The van der Waals surface area contributed by atoms with E-state index in [4.69, 9.17) is 4.98 Å². The van der Waals surface area contributed by atoms with Gasteiger partial charge in [0.25, 0.3) is 0 Å². The third-order valence-electron chi connectivity index (χ3n) is 3.42. The highest BCUT2D eigenvalue weighted by Crippen LogP contribution is 2.23. The highest BCUT2D eigenvalue weighted by atomic mass is 15.0. The first-order chi connectivity index (χ1) is 8.83. The van der Waals surface area contributed by atoms with E-state index in [9.17, 15) is 0 Å². The highest BCUT2D eigenvalue weighted by Gasteiger charge is 2.18. The molecule has 0 spiro atoms. The maximum atomic E-state index is 4.73. The van der Waals surface area contributed by atoms with Crippen LogP contribution in [0, 0.1) is 6.92 Å². The Balaban J connectivity index is 1.92. The Bertz CT molecular complexity index is 528. The third-order valence-corrected chi connectivity index (χ3v) is 3.42. The van der Waals surface area contributed by atoms with E-state index in [1.54, 1.807) is 0 Å². The molecule has 92 valence electrons. The fourth-order valence-corrected chi connectivity index (χ4v) is 2.35. The van der Waals surface area contributed by atoms with Crippen LogP contribution in [0.5, 0.6) is 0 Å². The van der Waals surface area contributed by atoms with Crippen molar-refractivity contribution in [3.63, 3.8) is 0 Å². The fraction of sp³-hybridized carbons (Fsp3) is 0.333. The van der Waals surface area contributed by atoms with Crippen molar-refractivity contribution in [2.45, 2.75) is 25.8 Å². The van der Waals surface area contributed by atoms with Gasteiger partial charge in [0.15, 0.2) is 0 Å². The molecule has 0 radical (unpaired) electrons. The van der Waals surface area contributed by atoms with Crippen molar-refractivity contribution in [1.29, 1.82) is 0 Å². The highest BCUT2D eigenvalue weighted by molar-refractivity contribution is 5.58. The van der Waals surface area contributed by atoms with Crippen molar-refractivity contribution >= 4 is 0 Å². The Labute approximate surface area is 107 Å². The number of nitrogens with zero attached hydrogens (tertiary/aromatic N) is 2. The minimum Gasteiger partial charge on any atom is -0.309 e. The second-order valence-corrected chi connectivity index (χ2v) is 4.84. The van der Waals surface area contributed by atoms with Gasteiger partial charge in [-0.05, 0) is 26.3 Å². The average molecular weight is 239 g/mol. The molecule has 1 saturated heterocycles. The Hall–Kier alpha value is -1.74. The summed E-state index contributed by atoms with van der Waals surface area (Å²) < 4.78 is 0. The van der Waals surface area contributed by atoms with Crippen molar-refractivity contribution in [3.05, 3.63) is 47.9 Å². The van der Waals surface area contributed by atoms with Crippen LogP contribution in [-0.2, 0) is 0 Å². The van der Waals surface area contributed by atoms with Crippen LogP contribution in [0.3, 0.4) is 0 Å². The number of rotatable bonds is 2. The lowest BCUT2D eigenvalue weighted by Crippen LogP contribution is -2.14. The average Bonchev–Trinajstić information content (AvgIpc) is 2.94. The molecule has 3 heteroatoms.